The maximum Gasteiger partial charge on any atom is 0.293 e. The zero-order valence-corrected chi connectivity index (χ0v) is 11.7. The zero-order chi connectivity index (χ0) is 15.7. The lowest BCUT2D eigenvalue weighted by molar-refractivity contribution is -0.383. The highest BCUT2D eigenvalue weighted by Gasteiger charge is 2.18. The van der Waals surface area contributed by atoms with E-state index in [2.05, 4.69) is 5.32 Å². The molecule has 0 bridgehead atoms. The maximum atomic E-state index is 11.3. The van der Waals surface area contributed by atoms with Crippen molar-refractivity contribution in [1.29, 1.82) is 0 Å². The second-order valence-electron chi connectivity index (χ2n) is 4.74. The van der Waals surface area contributed by atoms with Crippen molar-refractivity contribution in [2.75, 3.05) is 12.1 Å². The number of hydrogen-bond acceptors (Lipinski definition) is 6. The van der Waals surface area contributed by atoms with E-state index in [0.717, 1.165) is 0 Å². The average molecular weight is 300 g/mol. The zero-order valence-electron chi connectivity index (χ0n) is 11.7. The van der Waals surface area contributed by atoms with Crippen LogP contribution in [-0.4, -0.2) is 17.5 Å². The molecule has 1 N–H and O–H groups in total. The van der Waals surface area contributed by atoms with Crippen LogP contribution in [0.2, 0.25) is 0 Å². The van der Waals surface area contributed by atoms with Gasteiger partial charge in [-0.05, 0) is 31.2 Å². The standard InChI is InChI=1S/C15H12N2O5/c1-9(18)10-2-4-12(13(6-10)17(19)20)16-11-3-5-14-15(7-11)22-8-21-14/h2-7,16H,8H2,1H3. The SMILES string of the molecule is CC(=O)c1ccc(Nc2ccc3c(c2)OCO3)c([N+](=O)[O-])c1. The molecule has 0 aliphatic carbocycles. The van der Waals surface area contributed by atoms with E-state index >= 15 is 0 Å². The molecule has 3 rings (SSSR count). The van der Waals surface area contributed by atoms with Gasteiger partial charge < -0.3 is 14.8 Å². The molecule has 0 saturated carbocycles. The average Bonchev–Trinajstić information content (AvgIpc) is 2.94. The smallest absolute Gasteiger partial charge is 0.293 e. The molecule has 0 spiro atoms. The molecule has 0 amide bonds. The van der Waals surface area contributed by atoms with Gasteiger partial charge in [-0.25, -0.2) is 0 Å². The van der Waals surface area contributed by atoms with E-state index < -0.39 is 4.92 Å². The van der Waals surface area contributed by atoms with Gasteiger partial charge in [0.05, 0.1) is 4.92 Å². The third-order valence-corrected chi connectivity index (χ3v) is 3.25. The highest BCUT2D eigenvalue weighted by molar-refractivity contribution is 5.95. The number of fused-ring (bicyclic) bond motifs is 1. The minimum Gasteiger partial charge on any atom is -0.454 e. The Morgan fingerprint density at radius 1 is 1.18 bits per heavy atom. The third-order valence-electron chi connectivity index (χ3n) is 3.25. The number of anilines is 2. The molecule has 1 heterocycles. The number of ether oxygens (including phenoxy) is 2. The van der Waals surface area contributed by atoms with Gasteiger partial charge in [0.25, 0.3) is 5.69 Å². The minimum absolute atomic E-state index is 0.159. The van der Waals surface area contributed by atoms with Crippen molar-refractivity contribution in [2.45, 2.75) is 6.92 Å². The molecule has 0 unspecified atom stereocenters. The predicted octanol–water partition coefficient (Wildman–Crippen LogP) is 3.27. The van der Waals surface area contributed by atoms with Crippen LogP contribution in [0.1, 0.15) is 17.3 Å². The van der Waals surface area contributed by atoms with Crippen LogP contribution in [0.3, 0.4) is 0 Å². The Labute approximate surface area is 125 Å². The fourth-order valence-corrected chi connectivity index (χ4v) is 2.14. The first kappa shape index (κ1) is 13.9. The summed E-state index contributed by atoms with van der Waals surface area (Å²) < 4.78 is 10.5. The van der Waals surface area contributed by atoms with Crippen LogP contribution in [-0.2, 0) is 0 Å². The van der Waals surface area contributed by atoms with Crippen molar-refractivity contribution < 1.29 is 19.2 Å². The molecule has 0 radical (unpaired) electrons. The number of carbonyl (C=O) groups excluding carboxylic acids is 1. The normalized spacial score (nSPS) is 12.0. The Hall–Kier alpha value is -3.09. The van der Waals surface area contributed by atoms with Crippen LogP contribution in [0.15, 0.2) is 36.4 Å². The first-order valence-corrected chi connectivity index (χ1v) is 6.50. The van der Waals surface area contributed by atoms with E-state index in [1.54, 1.807) is 24.3 Å². The third kappa shape index (κ3) is 2.56. The molecule has 0 saturated heterocycles. The number of carbonyl (C=O) groups is 1. The fraction of sp³-hybridized carbons (Fsp3) is 0.133. The van der Waals surface area contributed by atoms with Crippen molar-refractivity contribution in [3.05, 3.63) is 52.1 Å². The number of hydrogen-bond donors (Lipinski definition) is 1. The predicted molar refractivity (Wildman–Crippen MR) is 78.9 cm³/mol. The van der Waals surface area contributed by atoms with Gasteiger partial charge >= 0.3 is 0 Å². The van der Waals surface area contributed by atoms with Crippen molar-refractivity contribution in [3.63, 3.8) is 0 Å². The van der Waals surface area contributed by atoms with Gasteiger partial charge in [-0.1, -0.05) is 0 Å². The van der Waals surface area contributed by atoms with Crippen molar-refractivity contribution in [2.24, 2.45) is 0 Å². The molecule has 2 aromatic rings. The topological polar surface area (TPSA) is 90.7 Å². The quantitative estimate of drug-likeness (QED) is 0.529. The van der Waals surface area contributed by atoms with E-state index in [9.17, 15) is 14.9 Å². The van der Waals surface area contributed by atoms with Gasteiger partial charge in [0.1, 0.15) is 5.69 Å². The summed E-state index contributed by atoms with van der Waals surface area (Å²) in [6, 6.07) is 9.48. The number of nitrogens with zero attached hydrogens (tertiary/aromatic N) is 1. The number of Topliss-reactive ketones (excluding diaryl/α,β-unsaturated/α-hetero) is 1. The van der Waals surface area contributed by atoms with Gasteiger partial charge in [-0.3, -0.25) is 14.9 Å². The fourth-order valence-electron chi connectivity index (χ4n) is 2.14. The Kier molecular flexibility index (Phi) is 3.38. The Balaban J connectivity index is 1.94. The number of benzene rings is 2. The van der Waals surface area contributed by atoms with Crippen LogP contribution in [0.5, 0.6) is 11.5 Å². The second-order valence-corrected chi connectivity index (χ2v) is 4.74. The lowest BCUT2D eigenvalue weighted by atomic mass is 10.1. The first-order chi connectivity index (χ1) is 10.5. The van der Waals surface area contributed by atoms with Crippen LogP contribution < -0.4 is 14.8 Å². The van der Waals surface area contributed by atoms with E-state index in [1.165, 1.54) is 19.1 Å². The lowest BCUT2D eigenvalue weighted by Crippen LogP contribution is -2.00. The first-order valence-electron chi connectivity index (χ1n) is 6.50. The van der Waals surface area contributed by atoms with Crippen LogP contribution >= 0.6 is 0 Å². The molecule has 0 atom stereocenters. The van der Waals surface area contributed by atoms with Gasteiger partial charge in [0.2, 0.25) is 6.79 Å². The summed E-state index contributed by atoms with van der Waals surface area (Å²) in [6.45, 7) is 1.52. The molecule has 0 fully saturated rings. The summed E-state index contributed by atoms with van der Waals surface area (Å²) in [5.41, 5.74) is 1.06. The van der Waals surface area contributed by atoms with Crippen molar-refractivity contribution in [3.8, 4) is 11.5 Å². The molecule has 22 heavy (non-hydrogen) atoms. The Bertz CT molecular complexity index is 773. The summed E-state index contributed by atoms with van der Waals surface area (Å²) in [7, 11) is 0. The number of nitro benzene ring substituents is 1. The highest BCUT2D eigenvalue weighted by Crippen LogP contribution is 2.36. The van der Waals surface area contributed by atoms with Crippen molar-refractivity contribution in [1.82, 2.24) is 0 Å². The highest BCUT2D eigenvalue weighted by atomic mass is 16.7. The van der Waals surface area contributed by atoms with Crippen LogP contribution in [0.4, 0.5) is 17.1 Å². The van der Waals surface area contributed by atoms with Gasteiger partial charge in [0.15, 0.2) is 17.3 Å². The number of ketones is 1. The molecule has 2 aromatic carbocycles. The number of nitrogens with one attached hydrogen (secondary N) is 1. The minimum atomic E-state index is -0.526. The summed E-state index contributed by atoms with van der Waals surface area (Å²) in [5.74, 6) is 0.984. The summed E-state index contributed by atoms with van der Waals surface area (Å²) in [4.78, 5) is 22.0. The lowest BCUT2D eigenvalue weighted by Gasteiger charge is -2.08. The largest absolute Gasteiger partial charge is 0.454 e. The van der Waals surface area contributed by atoms with E-state index in [4.69, 9.17) is 9.47 Å². The molecule has 112 valence electrons. The molecule has 7 heteroatoms. The van der Waals surface area contributed by atoms with Crippen LogP contribution in [0, 0.1) is 10.1 Å². The van der Waals surface area contributed by atoms with Crippen LogP contribution in [0.25, 0.3) is 0 Å². The van der Waals surface area contributed by atoms with Crippen molar-refractivity contribution >= 4 is 22.8 Å². The van der Waals surface area contributed by atoms with Gasteiger partial charge in [0, 0.05) is 23.4 Å². The Morgan fingerprint density at radius 3 is 2.68 bits per heavy atom. The van der Waals surface area contributed by atoms with E-state index in [-0.39, 0.29) is 18.3 Å². The molecule has 0 aromatic heterocycles. The number of nitro groups is 1. The van der Waals surface area contributed by atoms with E-state index in [1.807, 2.05) is 0 Å². The second kappa shape index (κ2) is 5.36. The molecular formula is C15H12N2O5. The summed E-state index contributed by atoms with van der Waals surface area (Å²) in [6.07, 6.45) is 0. The Morgan fingerprint density at radius 2 is 1.95 bits per heavy atom. The molecular weight excluding hydrogens is 288 g/mol. The maximum absolute atomic E-state index is 11.3. The van der Waals surface area contributed by atoms with E-state index in [0.29, 0.717) is 28.4 Å². The van der Waals surface area contributed by atoms with Gasteiger partial charge in [-0.2, -0.15) is 0 Å². The monoisotopic (exact) mass is 300 g/mol. The van der Waals surface area contributed by atoms with Gasteiger partial charge in [-0.15, -0.1) is 0 Å². The molecule has 1 aliphatic heterocycles. The number of rotatable bonds is 4. The summed E-state index contributed by atoms with van der Waals surface area (Å²) in [5, 5.41) is 14.1. The molecule has 1 aliphatic rings. The summed E-state index contributed by atoms with van der Waals surface area (Å²) >= 11 is 0. The molecule has 7 nitrogen and oxygen atoms in total.